The van der Waals surface area contributed by atoms with Gasteiger partial charge in [0.05, 0.1) is 4.92 Å². The predicted octanol–water partition coefficient (Wildman–Crippen LogP) is 1.33. The Morgan fingerprint density at radius 3 is 2.62 bits per heavy atom. The van der Waals surface area contributed by atoms with E-state index >= 15 is 0 Å². The number of benzene rings is 1. The number of nitro benzene ring substituents is 1. The van der Waals surface area contributed by atoms with Crippen LogP contribution in [0.25, 0.3) is 0 Å². The van der Waals surface area contributed by atoms with Crippen LogP contribution in [0.15, 0.2) is 36.4 Å². The van der Waals surface area contributed by atoms with Crippen molar-refractivity contribution in [2.45, 2.75) is 19.0 Å². The summed E-state index contributed by atoms with van der Waals surface area (Å²) in [4.78, 5) is 21.8. The molecule has 0 heterocycles. The van der Waals surface area contributed by atoms with Gasteiger partial charge in [-0.3, -0.25) is 10.1 Å². The molecular weight excluding hydrogens is 274 g/mol. The lowest BCUT2D eigenvalue weighted by atomic mass is 10.1. The van der Waals surface area contributed by atoms with Crippen LogP contribution in [0, 0.1) is 16.0 Å². The lowest BCUT2D eigenvalue weighted by Gasteiger charge is -2.13. The summed E-state index contributed by atoms with van der Waals surface area (Å²) in [7, 11) is 0. The summed E-state index contributed by atoms with van der Waals surface area (Å²) in [5.41, 5.74) is 0.806. The maximum atomic E-state index is 11.7. The van der Waals surface area contributed by atoms with Crippen LogP contribution in [0.3, 0.4) is 0 Å². The van der Waals surface area contributed by atoms with E-state index in [2.05, 4.69) is 10.6 Å². The SMILES string of the molecule is O=C(NCc1ccc([N+](=O)[O-])cc1)N[C@@H]1C=C[C@H](CO)C1. The van der Waals surface area contributed by atoms with Gasteiger partial charge in [-0.2, -0.15) is 0 Å². The number of nitrogens with one attached hydrogen (secondary N) is 2. The molecule has 112 valence electrons. The number of carbonyl (C=O) groups is 1. The zero-order valence-corrected chi connectivity index (χ0v) is 11.4. The summed E-state index contributed by atoms with van der Waals surface area (Å²) < 4.78 is 0. The van der Waals surface area contributed by atoms with Gasteiger partial charge in [0.2, 0.25) is 0 Å². The Morgan fingerprint density at radius 2 is 2.05 bits per heavy atom. The van der Waals surface area contributed by atoms with Crippen LogP contribution in [0.4, 0.5) is 10.5 Å². The Bertz CT molecular complexity index is 542. The second-order valence-electron chi connectivity index (χ2n) is 4.92. The number of amides is 2. The molecule has 0 fully saturated rings. The predicted molar refractivity (Wildman–Crippen MR) is 76.6 cm³/mol. The molecule has 0 unspecified atom stereocenters. The van der Waals surface area contributed by atoms with E-state index in [1.54, 1.807) is 12.1 Å². The quantitative estimate of drug-likeness (QED) is 0.432. The molecule has 1 aliphatic carbocycles. The molecule has 1 aliphatic rings. The van der Waals surface area contributed by atoms with Crippen LogP contribution in [-0.4, -0.2) is 28.7 Å². The van der Waals surface area contributed by atoms with Crippen LogP contribution in [0.5, 0.6) is 0 Å². The van der Waals surface area contributed by atoms with Crippen molar-refractivity contribution >= 4 is 11.7 Å². The average molecular weight is 291 g/mol. The topological polar surface area (TPSA) is 104 Å². The molecule has 0 bridgehead atoms. The van der Waals surface area contributed by atoms with E-state index in [0.29, 0.717) is 13.0 Å². The van der Waals surface area contributed by atoms with Gasteiger partial charge >= 0.3 is 6.03 Å². The molecule has 0 aliphatic heterocycles. The van der Waals surface area contributed by atoms with Gasteiger partial charge in [0.25, 0.3) is 5.69 Å². The zero-order valence-electron chi connectivity index (χ0n) is 11.4. The van der Waals surface area contributed by atoms with Crippen LogP contribution in [-0.2, 0) is 6.54 Å². The smallest absolute Gasteiger partial charge is 0.315 e. The number of aliphatic hydroxyl groups excluding tert-OH is 1. The van der Waals surface area contributed by atoms with Crippen molar-refractivity contribution in [3.05, 3.63) is 52.1 Å². The molecule has 0 saturated carbocycles. The van der Waals surface area contributed by atoms with E-state index in [9.17, 15) is 14.9 Å². The van der Waals surface area contributed by atoms with Crippen molar-refractivity contribution in [3.8, 4) is 0 Å². The van der Waals surface area contributed by atoms with Crippen molar-refractivity contribution in [3.63, 3.8) is 0 Å². The maximum absolute atomic E-state index is 11.7. The van der Waals surface area contributed by atoms with E-state index in [-0.39, 0.29) is 30.3 Å². The highest BCUT2D eigenvalue weighted by Crippen LogP contribution is 2.16. The number of hydrogen-bond donors (Lipinski definition) is 3. The Labute approximate surface area is 121 Å². The molecule has 1 aromatic carbocycles. The molecular formula is C14H17N3O4. The Balaban J connectivity index is 1.76. The van der Waals surface area contributed by atoms with E-state index in [0.717, 1.165) is 5.56 Å². The van der Waals surface area contributed by atoms with Crippen molar-refractivity contribution in [2.75, 3.05) is 6.61 Å². The first-order valence-electron chi connectivity index (χ1n) is 6.65. The van der Waals surface area contributed by atoms with Crippen LogP contribution >= 0.6 is 0 Å². The molecule has 0 spiro atoms. The molecule has 0 radical (unpaired) electrons. The molecule has 7 nitrogen and oxygen atoms in total. The second kappa shape index (κ2) is 6.85. The van der Waals surface area contributed by atoms with Crippen molar-refractivity contribution in [1.82, 2.24) is 10.6 Å². The number of rotatable bonds is 5. The first-order chi connectivity index (χ1) is 10.1. The monoisotopic (exact) mass is 291 g/mol. The molecule has 2 atom stereocenters. The van der Waals surface area contributed by atoms with E-state index in [4.69, 9.17) is 5.11 Å². The number of urea groups is 1. The molecule has 21 heavy (non-hydrogen) atoms. The summed E-state index contributed by atoms with van der Waals surface area (Å²) in [6, 6.07) is 5.65. The third kappa shape index (κ3) is 4.28. The highest BCUT2D eigenvalue weighted by molar-refractivity contribution is 5.74. The number of aliphatic hydroxyl groups is 1. The Hall–Kier alpha value is -2.41. The van der Waals surface area contributed by atoms with Crippen molar-refractivity contribution < 1.29 is 14.8 Å². The van der Waals surface area contributed by atoms with Gasteiger partial charge in [0, 0.05) is 37.2 Å². The van der Waals surface area contributed by atoms with Crippen molar-refractivity contribution in [1.29, 1.82) is 0 Å². The molecule has 1 aromatic rings. The molecule has 2 amide bonds. The number of non-ortho nitro benzene ring substituents is 1. The van der Waals surface area contributed by atoms with Crippen molar-refractivity contribution in [2.24, 2.45) is 5.92 Å². The lowest BCUT2D eigenvalue weighted by molar-refractivity contribution is -0.384. The van der Waals surface area contributed by atoms with Gasteiger partial charge in [0.15, 0.2) is 0 Å². The minimum Gasteiger partial charge on any atom is -0.396 e. The summed E-state index contributed by atoms with van der Waals surface area (Å²) >= 11 is 0. The van der Waals surface area contributed by atoms with Gasteiger partial charge in [-0.1, -0.05) is 24.3 Å². The van der Waals surface area contributed by atoms with Crippen LogP contribution in [0.2, 0.25) is 0 Å². The van der Waals surface area contributed by atoms with Crippen LogP contribution in [0.1, 0.15) is 12.0 Å². The third-order valence-electron chi connectivity index (χ3n) is 3.32. The highest BCUT2D eigenvalue weighted by atomic mass is 16.6. The molecule has 2 rings (SSSR count). The molecule has 0 aromatic heterocycles. The number of nitrogens with zero attached hydrogens (tertiary/aromatic N) is 1. The summed E-state index contributed by atoms with van der Waals surface area (Å²) in [6.07, 6.45) is 4.45. The van der Waals surface area contributed by atoms with Gasteiger partial charge in [-0.25, -0.2) is 4.79 Å². The first-order valence-corrected chi connectivity index (χ1v) is 6.65. The first kappa shape index (κ1) is 15.0. The fourth-order valence-corrected chi connectivity index (χ4v) is 2.15. The standard InChI is InChI=1S/C14H17N3O4/c18-9-11-1-4-12(7-11)16-14(19)15-8-10-2-5-13(6-3-10)17(20)21/h1-6,11-12,18H,7-9H2,(H2,15,16,19)/t11-,12+/m0/s1. The number of hydrogen-bond acceptors (Lipinski definition) is 4. The van der Waals surface area contributed by atoms with Gasteiger partial charge < -0.3 is 15.7 Å². The summed E-state index contributed by atoms with van der Waals surface area (Å²) in [6.45, 7) is 0.378. The fourth-order valence-electron chi connectivity index (χ4n) is 2.15. The average Bonchev–Trinajstić information content (AvgIpc) is 2.93. The highest BCUT2D eigenvalue weighted by Gasteiger charge is 2.19. The molecule has 7 heteroatoms. The minimum absolute atomic E-state index is 0.0225. The number of carbonyl (C=O) groups excluding carboxylic acids is 1. The Morgan fingerprint density at radius 1 is 1.33 bits per heavy atom. The molecule has 3 N–H and O–H groups in total. The largest absolute Gasteiger partial charge is 0.396 e. The van der Waals surface area contributed by atoms with Crippen LogP contribution < -0.4 is 10.6 Å². The molecule has 0 saturated heterocycles. The fraction of sp³-hybridized carbons (Fsp3) is 0.357. The van der Waals surface area contributed by atoms with E-state index in [1.165, 1.54) is 12.1 Å². The van der Waals surface area contributed by atoms with Gasteiger partial charge in [0.1, 0.15) is 0 Å². The van der Waals surface area contributed by atoms with E-state index < -0.39 is 4.92 Å². The lowest BCUT2D eigenvalue weighted by Crippen LogP contribution is -2.40. The maximum Gasteiger partial charge on any atom is 0.315 e. The zero-order chi connectivity index (χ0) is 15.2. The summed E-state index contributed by atoms with van der Waals surface area (Å²) in [5, 5.41) is 25.0. The summed E-state index contributed by atoms with van der Waals surface area (Å²) in [5.74, 6) is 0.102. The minimum atomic E-state index is -0.464. The van der Waals surface area contributed by atoms with Gasteiger partial charge in [-0.05, 0) is 12.0 Å². The normalized spacial score (nSPS) is 20.2. The number of nitro groups is 1. The second-order valence-corrected chi connectivity index (χ2v) is 4.92. The van der Waals surface area contributed by atoms with Gasteiger partial charge in [-0.15, -0.1) is 0 Å². The third-order valence-corrected chi connectivity index (χ3v) is 3.32. The van der Waals surface area contributed by atoms with E-state index in [1.807, 2.05) is 12.2 Å². The Kier molecular flexibility index (Phi) is 4.89.